The second-order valence-electron chi connectivity index (χ2n) is 10.5. The Hall–Kier alpha value is -4.06. The summed E-state index contributed by atoms with van der Waals surface area (Å²) in [5, 5.41) is 3.24. The number of thioether (sulfide) groups is 2. The number of benzene rings is 3. The van der Waals surface area contributed by atoms with E-state index in [9.17, 15) is 19.2 Å². The van der Waals surface area contributed by atoms with Gasteiger partial charge < -0.3 is 10.1 Å². The molecule has 3 amide bonds. The van der Waals surface area contributed by atoms with Gasteiger partial charge in [0.25, 0.3) is 11.8 Å². The number of hydroxylamine groups is 2. The van der Waals surface area contributed by atoms with Crippen LogP contribution in [0.1, 0.15) is 29.2 Å². The molecule has 6 rings (SSSR count). The number of ether oxygens (including phenoxy) is 1. The molecule has 3 aromatic carbocycles. The van der Waals surface area contributed by atoms with E-state index >= 15 is 0 Å². The van der Waals surface area contributed by atoms with Gasteiger partial charge in [0.05, 0.1) is 25.3 Å². The van der Waals surface area contributed by atoms with Crippen molar-refractivity contribution < 1.29 is 28.8 Å². The molecule has 3 heterocycles. The average Bonchev–Trinajstić information content (AvgIpc) is 3.41. The molecule has 9 nitrogen and oxygen atoms in total. The maximum absolute atomic E-state index is 14.1. The highest BCUT2D eigenvalue weighted by Gasteiger charge is 2.55. The Balaban J connectivity index is 1.28. The minimum atomic E-state index is -0.776. The molecule has 11 heteroatoms. The van der Waals surface area contributed by atoms with E-state index in [1.807, 2.05) is 91.0 Å². The van der Waals surface area contributed by atoms with E-state index in [4.69, 9.17) is 9.57 Å². The third-order valence-corrected chi connectivity index (χ3v) is 10.5. The van der Waals surface area contributed by atoms with Crippen molar-refractivity contribution in [1.29, 1.82) is 0 Å². The Morgan fingerprint density at radius 1 is 0.932 bits per heavy atom. The third kappa shape index (κ3) is 6.12. The summed E-state index contributed by atoms with van der Waals surface area (Å²) in [6, 6.07) is 27.4. The average molecular weight is 630 g/mol. The van der Waals surface area contributed by atoms with Crippen LogP contribution in [0.5, 0.6) is 0 Å². The second-order valence-corrected chi connectivity index (χ2v) is 12.9. The topological polar surface area (TPSA) is 105 Å². The highest BCUT2D eigenvalue weighted by molar-refractivity contribution is 8.07. The van der Waals surface area contributed by atoms with E-state index in [1.165, 1.54) is 40.6 Å². The van der Waals surface area contributed by atoms with Crippen molar-refractivity contribution in [2.75, 3.05) is 19.4 Å². The minimum Gasteiger partial charge on any atom is -0.448 e. The molecule has 226 valence electrons. The fraction of sp³-hybridized carbons (Fsp3) is 0.273. The van der Waals surface area contributed by atoms with Crippen molar-refractivity contribution in [1.82, 2.24) is 15.3 Å². The minimum absolute atomic E-state index is 0.123. The molecule has 0 saturated carbocycles. The Kier molecular flexibility index (Phi) is 9.06. The molecular weight excluding hydrogens is 599 g/mol. The van der Waals surface area contributed by atoms with Crippen LogP contribution in [0, 0.1) is 0 Å². The van der Waals surface area contributed by atoms with Gasteiger partial charge in [0.1, 0.15) is 17.1 Å². The number of amides is 3. The number of fused-ring (bicyclic) bond motifs is 1. The molecule has 3 aromatic rings. The number of rotatable bonds is 10. The largest absolute Gasteiger partial charge is 0.448 e. The van der Waals surface area contributed by atoms with Crippen molar-refractivity contribution >= 4 is 47.2 Å². The van der Waals surface area contributed by atoms with Gasteiger partial charge in [-0.1, -0.05) is 91.0 Å². The van der Waals surface area contributed by atoms with Crippen LogP contribution in [0.4, 0.5) is 0 Å². The molecule has 2 saturated heterocycles. The van der Waals surface area contributed by atoms with Crippen LogP contribution in [0.2, 0.25) is 0 Å². The van der Waals surface area contributed by atoms with Crippen LogP contribution in [-0.2, 0) is 35.2 Å². The molecule has 0 spiro atoms. The van der Waals surface area contributed by atoms with Crippen LogP contribution in [0.25, 0.3) is 0 Å². The number of carbonyl (C=O) groups is 4. The normalized spacial score (nSPS) is 21.3. The number of β-lactam (4-membered cyclic amide) rings is 1. The summed E-state index contributed by atoms with van der Waals surface area (Å²) in [6.07, 6.45) is -0.0321. The lowest BCUT2D eigenvalue weighted by Crippen LogP contribution is -2.70. The van der Waals surface area contributed by atoms with Gasteiger partial charge in [-0.15, -0.1) is 23.5 Å². The quantitative estimate of drug-likeness (QED) is 0.265. The summed E-state index contributed by atoms with van der Waals surface area (Å²) in [7, 11) is 1.45. The smallest absolute Gasteiger partial charge is 0.356 e. The number of hydrogen-bond acceptors (Lipinski definition) is 8. The van der Waals surface area contributed by atoms with E-state index in [-0.39, 0.29) is 29.8 Å². The lowest BCUT2D eigenvalue weighted by Gasteiger charge is -2.49. The van der Waals surface area contributed by atoms with Gasteiger partial charge in [0.15, 0.2) is 6.10 Å². The first-order chi connectivity index (χ1) is 21.4. The van der Waals surface area contributed by atoms with Crippen LogP contribution in [0.3, 0.4) is 0 Å². The Bertz CT molecular complexity index is 1530. The SMILES string of the molecule is CON1CCC(SC2=C(C(=O)OC(c3ccccc3)c3ccccc3)N3C(=O)[C@@H](NC(=O)Cc4ccccc4)[C@H]3SC2)C1=O. The molecule has 2 fully saturated rings. The molecule has 0 bridgehead atoms. The van der Waals surface area contributed by atoms with Gasteiger partial charge >= 0.3 is 5.97 Å². The third-order valence-electron chi connectivity index (χ3n) is 7.70. The van der Waals surface area contributed by atoms with E-state index in [0.29, 0.717) is 23.6 Å². The van der Waals surface area contributed by atoms with Crippen molar-refractivity contribution in [2.45, 2.75) is 35.6 Å². The Labute approximate surface area is 263 Å². The van der Waals surface area contributed by atoms with E-state index < -0.39 is 28.7 Å². The predicted molar refractivity (Wildman–Crippen MR) is 168 cm³/mol. The maximum atomic E-state index is 14.1. The molecule has 1 N–H and O–H groups in total. The van der Waals surface area contributed by atoms with Crippen molar-refractivity contribution in [3.63, 3.8) is 0 Å². The fourth-order valence-electron chi connectivity index (χ4n) is 5.52. The number of carbonyl (C=O) groups excluding carboxylic acids is 4. The molecule has 3 aliphatic rings. The Morgan fingerprint density at radius 2 is 1.55 bits per heavy atom. The molecule has 1 unspecified atom stereocenters. The highest BCUT2D eigenvalue weighted by Crippen LogP contribution is 2.46. The number of nitrogens with one attached hydrogen (secondary N) is 1. The first kappa shape index (κ1) is 30.0. The number of nitrogens with zero attached hydrogens (tertiary/aromatic N) is 2. The maximum Gasteiger partial charge on any atom is 0.356 e. The number of hydrogen-bond donors (Lipinski definition) is 1. The van der Waals surface area contributed by atoms with Gasteiger partial charge in [-0.2, -0.15) is 0 Å². The molecule has 0 aromatic heterocycles. The molecular formula is C33H31N3O6S2. The van der Waals surface area contributed by atoms with E-state index in [2.05, 4.69) is 5.32 Å². The second kappa shape index (κ2) is 13.3. The molecule has 44 heavy (non-hydrogen) atoms. The summed E-state index contributed by atoms with van der Waals surface area (Å²) in [5.41, 5.74) is 2.53. The first-order valence-corrected chi connectivity index (χ1v) is 16.2. The van der Waals surface area contributed by atoms with E-state index in [0.717, 1.165) is 16.7 Å². The van der Waals surface area contributed by atoms with Crippen LogP contribution in [-0.4, -0.2) is 69.7 Å². The van der Waals surface area contributed by atoms with Gasteiger partial charge in [0, 0.05) is 10.7 Å². The summed E-state index contributed by atoms with van der Waals surface area (Å²) < 4.78 is 6.20. The number of esters is 1. The lowest BCUT2D eigenvalue weighted by atomic mass is 10.0. The zero-order valence-corrected chi connectivity index (χ0v) is 25.6. The van der Waals surface area contributed by atoms with Crippen molar-refractivity contribution in [2.24, 2.45) is 0 Å². The highest BCUT2D eigenvalue weighted by atomic mass is 32.2. The Morgan fingerprint density at radius 3 is 2.14 bits per heavy atom. The van der Waals surface area contributed by atoms with Crippen LogP contribution in [0.15, 0.2) is 102 Å². The summed E-state index contributed by atoms with van der Waals surface area (Å²) in [5.74, 6) is -1.12. The van der Waals surface area contributed by atoms with Crippen LogP contribution >= 0.6 is 23.5 Å². The summed E-state index contributed by atoms with van der Waals surface area (Å²) in [4.78, 5) is 60.7. The monoisotopic (exact) mass is 629 g/mol. The predicted octanol–water partition coefficient (Wildman–Crippen LogP) is 4.07. The van der Waals surface area contributed by atoms with Gasteiger partial charge in [-0.25, -0.2) is 9.86 Å². The first-order valence-electron chi connectivity index (χ1n) is 14.3. The van der Waals surface area contributed by atoms with Gasteiger partial charge in [-0.3, -0.25) is 24.1 Å². The van der Waals surface area contributed by atoms with E-state index in [1.54, 1.807) is 0 Å². The zero-order valence-electron chi connectivity index (χ0n) is 24.0. The summed E-state index contributed by atoms with van der Waals surface area (Å²) in [6.45, 7) is 0.443. The van der Waals surface area contributed by atoms with Crippen molar-refractivity contribution in [3.05, 3.63) is 118 Å². The molecule has 3 atom stereocenters. The van der Waals surface area contributed by atoms with Gasteiger partial charge in [-0.05, 0) is 23.1 Å². The fourth-order valence-corrected chi connectivity index (χ4v) is 8.26. The standard InChI is InChI=1S/C33H31N3O6S2/c1-41-35-18-17-24(30(35)38)44-25-20-43-32-27(34-26(37)19-21-11-5-2-6-12-21)31(39)36(32)28(25)33(40)42-29(22-13-7-3-8-14-22)23-15-9-4-10-16-23/h2-16,24,27,29,32H,17-20H2,1H3,(H,34,37)/t24?,27-,32-/m1/s1. The molecule has 0 aliphatic carbocycles. The van der Waals surface area contributed by atoms with Crippen molar-refractivity contribution in [3.8, 4) is 0 Å². The molecule has 0 radical (unpaired) electrons. The van der Waals surface area contributed by atoms with Crippen LogP contribution < -0.4 is 5.32 Å². The lowest BCUT2D eigenvalue weighted by molar-refractivity contribution is -0.166. The summed E-state index contributed by atoms with van der Waals surface area (Å²) >= 11 is 2.73. The zero-order chi connectivity index (χ0) is 30.6. The van der Waals surface area contributed by atoms with Gasteiger partial charge in [0.2, 0.25) is 5.91 Å². The molecule has 3 aliphatic heterocycles.